The van der Waals surface area contributed by atoms with E-state index in [-0.39, 0.29) is 18.8 Å². The van der Waals surface area contributed by atoms with Gasteiger partial charge in [0.15, 0.2) is 0 Å². The fraction of sp³-hybridized carbons (Fsp3) is 0.538. The molecule has 0 bridgehead atoms. The minimum atomic E-state index is -2.41. The van der Waals surface area contributed by atoms with Gasteiger partial charge in [-0.2, -0.15) is 0 Å². The van der Waals surface area contributed by atoms with Gasteiger partial charge in [-0.1, -0.05) is 34.8 Å². The number of nitrogens with one attached hydrogen (secondary N) is 1. The lowest BCUT2D eigenvalue weighted by Crippen LogP contribution is -2.45. The number of hydrogen-bond donors (Lipinski definition) is 1. The number of rotatable bonds is 4. The smallest absolute Gasteiger partial charge is 0.240 e. The first kappa shape index (κ1) is 19.2. The summed E-state index contributed by atoms with van der Waals surface area (Å²) < 4.78 is 25.8. The average Bonchev–Trinajstić information content (AvgIpc) is 2.41. The quantitative estimate of drug-likeness (QED) is 0.764. The first-order valence-corrected chi connectivity index (χ1v) is 7.49. The van der Waals surface area contributed by atoms with Crippen molar-refractivity contribution >= 4 is 47.2 Å². The van der Waals surface area contributed by atoms with Gasteiger partial charge in [-0.25, -0.2) is 8.78 Å². The van der Waals surface area contributed by atoms with E-state index in [0.29, 0.717) is 33.7 Å². The molecular formula is C13H16Cl4F2N2. The average molecular weight is 380 g/mol. The summed E-state index contributed by atoms with van der Waals surface area (Å²) in [6.45, 7) is 2.92. The van der Waals surface area contributed by atoms with Gasteiger partial charge in [0.1, 0.15) is 0 Å². The molecule has 8 heteroatoms. The number of hydrogen-bond acceptors (Lipinski definition) is 2. The first-order valence-electron chi connectivity index (χ1n) is 6.36. The SMILES string of the molecule is Cl.FC(F)C[C@H](c1cc(Cl)cc(Cl)c1Cl)N1CCNCC1. The van der Waals surface area contributed by atoms with E-state index in [1.807, 2.05) is 4.90 Å². The molecule has 1 aliphatic heterocycles. The van der Waals surface area contributed by atoms with E-state index < -0.39 is 12.5 Å². The van der Waals surface area contributed by atoms with Crippen LogP contribution in [0.2, 0.25) is 15.1 Å². The Morgan fingerprint density at radius 2 is 1.76 bits per heavy atom. The standard InChI is InChI=1S/C13H15Cl3F2N2.ClH/c14-8-5-9(13(16)10(15)6-8)11(7-12(17)18)20-3-1-19-2-4-20;/h5-6,11-12,19H,1-4,7H2;1H/t11-;/m1./s1. The van der Waals surface area contributed by atoms with Gasteiger partial charge in [-0.3, -0.25) is 4.90 Å². The van der Waals surface area contributed by atoms with Gasteiger partial charge in [-0.15, -0.1) is 12.4 Å². The molecule has 1 N–H and O–H groups in total. The van der Waals surface area contributed by atoms with Crippen LogP contribution in [0.25, 0.3) is 0 Å². The predicted molar refractivity (Wildman–Crippen MR) is 86.5 cm³/mol. The number of alkyl halides is 2. The predicted octanol–water partition coefficient (Wildman–Crippen LogP) is 4.67. The van der Waals surface area contributed by atoms with Crippen LogP contribution < -0.4 is 5.32 Å². The second-order valence-electron chi connectivity index (χ2n) is 4.72. The van der Waals surface area contributed by atoms with E-state index in [1.165, 1.54) is 6.07 Å². The Morgan fingerprint density at radius 1 is 1.14 bits per heavy atom. The molecule has 21 heavy (non-hydrogen) atoms. The van der Waals surface area contributed by atoms with Gasteiger partial charge in [0.2, 0.25) is 6.43 Å². The highest BCUT2D eigenvalue weighted by Gasteiger charge is 2.28. The highest BCUT2D eigenvalue weighted by molar-refractivity contribution is 6.43. The lowest BCUT2D eigenvalue weighted by molar-refractivity contribution is 0.0739. The van der Waals surface area contributed by atoms with Gasteiger partial charge in [0.05, 0.1) is 10.0 Å². The second-order valence-corrected chi connectivity index (χ2v) is 5.94. The van der Waals surface area contributed by atoms with Crippen molar-refractivity contribution in [3.8, 4) is 0 Å². The number of halogens is 6. The van der Waals surface area contributed by atoms with Crippen LogP contribution in [-0.4, -0.2) is 37.5 Å². The molecule has 0 saturated carbocycles. The highest BCUT2D eigenvalue weighted by Crippen LogP contribution is 2.38. The Morgan fingerprint density at radius 3 is 2.33 bits per heavy atom. The van der Waals surface area contributed by atoms with E-state index in [9.17, 15) is 8.78 Å². The fourth-order valence-corrected chi connectivity index (χ4v) is 3.20. The molecule has 1 aromatic carbocycles. The molecular weight excluding hydrogens is 364 g/mol. The third kappa shape index (κ3) is 5.08. The van der Waals surface area contributed by atoms with E-state index in [2.05, 4.69) is 5.32 Å². The molecule has 0 aromatic heterocycles. The molecule has 1 atom stereocenters. The highest BCUT2D eigenvalue weighted by atomic mass is 35.5. The first-order chi connectivity index (χ1) is 9.49. The molecule has 1 saturated heterocycles. The second kappa shape index (κ2) is 8.70. The van der Waals surface area contributed by atoms with Crippen molar-refractivity contribution in [2.75, 3.05) is 26.2 Å². The molecule has 2 nitrogen and oxygen atoms in total. The van der Waals surface area contributed by atoms with Gasteiger partial charge in [0, 0.05) is 43.7 Å². The minimum Gasteiger partial charge on any atom is -0.314 e. The van der Waals surface area contributed by atoms with Gasteiger partial charge in [-0.05, 0) is 17.7 Å². The van der Waals surface area contributed by atoms with Crippen LogP contribution in [0.3, 0.4) is 0 Å². The maximum absolute atomic E-state index is 12.9. The van der Waals surface area contributed by atoms with Crippen LogP contribution in [0.1, 0.15) is 18.0 Å². The molecule has 0 unspecified atom stereocenters. The Kier molecular flexibility index (Phi) is 7.96. The van der Waals surface area contributed by atoms with Crippen molar-refractivity contribution in [2.24, 2.45) is 0 Å². The van der Waals surface area contributed by atoms with E-state index in [1.54, 1.807) is 6.07 Å². The van der Waals surface area contributed by atoms with E-state index in [4.69, 9.17) is 34.8 Å². The van der Waals surface area contributed by atoms with Crippen LogP contribution in [0, 0.1) is 0 Å². The Balaban J connectivity index is 0.00000220. The summed E-state index contributed by atoms with van der Waals surface area (Å²) in [4.78, 5) is 2.00. The minimum absolute atomic E-state index is 0. The summed E-state index contributed by atoms with van der Waals surface area (Å²) in [6.07, 6.45) is -2.69. The molecule has 0 amide bonds. The van der Waals surface area contributed by atoms with Crippen LogP contribution in [0.5, 0.6) is 0 Å². The summed E-state index contributed by atoms with van der Waals surface area (Å²) in [7, 11) is 0. The lowest BCUT2D eigenvalue weighted by atomic mass is 10.0. The topological polar surface area (TPSA) is 15.3 Å². The van der Waals surface area contributed by atoms with Crippen molar-refractivity contribution in [1.29, 1.82) is 0 Å². The molecule has 0 radical (unpaired) electrons. The van der Waals surface area contributed by atoms with Crippen LogP contribution in [-0.2, 0) is 0 Å². The molecule has 0 aliphatic carbocycles. The summed E-state index contributed by atoms with van der Waals surface area (Å²) in [5.74, 6) is 0. The molecule has 120 valence electrons. The zero-order chi connectivity index (χ0) is 14.7. The van der Waals surface area contributed by atoms with Crippen molar-refractivity contribution < 1.29 is 8.78 Å². The number of nitrogens with zero attached hydrogens (tertiary/aromatic N) is 1. The molecule has 0 spiro atoms. The molecule has 1 fully saturated rings. The summed E-state index contributed by atoms with van der Waals surface area (Å²) >= 11 is 18.2. The zero-order valence-electron chi connectivity index (χ0n) is 11.1. The van der Waals surface area contributed by atoms with Crippen molar-refractivity contribution in [2.45, 2.75) is 18.9 Å². The van der Waals surface area contributed by atoms with E-state index in [0.717, 1.165) is 13.1 Å². The number of piperazine rings is 1. The Hall–Kier alpha value is 0.160. The largest absolute Gasteiger partial charge is 0.314 e. The fourth-order valence-electron chi connectivity index (χ4n) is 2.45. The molecule has 2 rings (SSSR count). The summed E-state index contributed by atoms with van der Waals surface area (Å²) in [6, 6.07) is 2.68. The summed E-state index contributed by atoms with van der Waals surface area (Å²) in [5, 5.41) is 4.20. The van der Waals surface area contributed by atoms with Crippen LogP contribution in [0.15, 0.2) is 12.1 Å². The third-order valence-corrected chi connectivity index (χ3v) is 4.41. The lowest BCUT2D eigenvalue weighted by Gasteiger charge is -2.35. The van der Waals surface area contributed by atoms with Gasteiger partial charge in [0.25, 0.3) is 0 Å². The monoisotopic (exact) mass is 378 g/mol. The molecule has 1 aliphatic rings. The maximum Gasteiger partial charge on any atom is 0.240 e. The van der Waals surface area contributed by atoms with E-state index >= 15 is 0 Å². The van der Waals surface area contributed by atoms with Crippen LogP contribution >= 0.6 is 47.2 Å². The van der Waals surface area contributed by atoms with Crippen molar-refractivity contribution in [3.63, 3.8) is 0 Å². The van der Waals surface area contributed by atoms with Gasteiger partial charge >= 0.3 is 0 Å². The third-order valence-electron chi connectivity index (χ3n) is 3.37. The molecule has 1 aromatic rings. The van der Waals surface area contributed by atoms with Crippen LogP contribution in [0.4, 0.5) is 8.78 Å². The normalized spacial score (nSPS) is 17.6. The van der Waals surface area contributed by atoms with Gasteiger partial charge < -0.3 is 5.32 Å². The summed E-state index contributed by atoms with van der Waals surface area (Å²) in [5.41, 5.74) is 0.575. The number of benzene rings is 1. The maximum atomic E-state index is 12.9. The van der Waals surface area contributed by atoms with Crippen molar-refractivity contribution in [1.82, 2.24) is 10.2 Å². The Bertz CT molecular complexity index is 468. The molecule has 1 heterocycles. The Labute approximate surface area is 144 Å². The van der Waals surface area contributed by atoms with Crippen molar-refractivity contribution in [3.05, 3.63) is 32.8 Å². The zero-order valence-corrected chi connectivity index (χ0v) is 14.2.